The van der Waals surface area contributed by atoms with Crippen LogP contribution in [0.5, 0.6) is 0 Å². The van der Waals surface area contributed by atoms with Gasteiger partial charge in [0.05, 0.1) is 18.6 Å². The highest BCUT2D eigenvalue weighted by Crippen LogP contribution is 2.29. The minimum absolute atomic E-state index is 0.282. The van der Waals surface area contributed by atoms with Gasteiger partial charge in [-0.3, -0.25) is 10.3 Å². The van der Waals surface area contributed by atoms with E-state index < -0.39 is 11.9 Å². The molecule has 0 saturated carbocycles. The van der Waals surface area contributed by atoms with Crippen LogP contribution in [0.1, 0.15) is 0 Å². The van der Waals surface area contributed by atoms with Crippen molar-refractivity contribution in [3.8, 4) is 11.1 Å². The Labute approximate surface area is 185 Å². The normalized spacial score (nSPS) is 15.3. The van der Waals surface area contributed by atoms with Crippen LogP contribution in [0.4, 0.5) is 25.5 Å². The maximum atomic E-state index is 14.9. The molecule has 10 nitrogen and oxygen atoms in total. The molecule has 1 aromatic heterocycles. The van der Waals surface area contributed by atoms with Crippen LogP contribution in [-0.2, 0) is 4.74 Å². The van der Waals surface area contributed by atoms with Crippen molar-refractivity contribution < 1.29 is 18.7 Å². The third-order valence-electron chi connectivity index (χ3n) is 4.94. The summed E-state index contributed by atoms with van der Waals surface area (Å²) < 4.78 is 20.1. The molecule has 0 aliphatic carbocycles. The number of amides is 3. The number of aromatic nitrogens is 1. The van der Waals surface area contributed by atoms with Crippen LogP contribution in [0.25, 0.3) is 11.1 Å². The first-order valence-electron chi connectivity index (χ1n) is 10.1. The van der Waals surface area contributed by atoms with Crippen LogP contribution in [0.3, 0.4) is 0 Å². The van der Waals surface area contributed by atoms with Gasteiger partial charge in [0, 0.05) is 44.0 Å². The Kier molecular flexibility index (Phi) is 7.55. The fourth-order valence-electron chi connectivity index (χ4n) is 3.31. The molecule has 0 radical (unpaired) electrons. The van der Waals surface area contributed by atoms with Crippen LogP contribution in [0.15, 0.2) is 36.5 Å². The summed E-state index contributed by atoms with van der Waals surface area (Å²) in [4.78, 5) is 30.6. The molecule has 32 heavy (non-hydrogen) atoms. The molecule has 3 amide bonds. The second-order valence-corrected chi connectivity index (χ2v) is 7.07. The van der Waals surface area contributed by atoms with Gasteiger partial charge in [0.2, 0.25) is 0 Å². The zero-order chi connectivity index (χ0) is 23.1. The zero-order valence-electron chi connectivity index (χ0n) is 17.9. The van der Waals surface area contributed by atoms with Gasteiger partial charge in [-0.2, -0.15) is 0 Å². The number of ether oxygens (including phenoxy) is 1. The molecule has 1 aliphatic heterocycles. The average molecular weight is 443 g/mol. The lowest BCUT2D eigenvalue weighted by molar-refractivity contribution is 0.141. The van der Waals surface area contributed by atoms with Gasteiger partial charge < -0.3 is 25.6 Å². The zero-order valence-corrected chi connectivity index (χ0v) is 17.9. The summed E-state index contributed by atoms with van der Waals surface area (Å²) in [6.07, 6.45) is 1.85. The van der Waals surface area contributed by atoms with Crippen molar-refractivity contribution in [2.24, 2.45) is 0 Å². The van der Waals surface area contributed by atoms with Crippen molar-refractivity contribution >= 4 is 30.0 Å². The topological polar surface area (TPSA) is 123 Å². The third kappa shape index (κ3) is 5.30. The largest absolute Gasteiger partial charge is 0.443 e. The number of urea groups is 1. The predicted octanol–water partition coefficient (Wildman–Crippen LogP) is 1.77. The van der Waals surface area contributed by atoms with Crippen molar-refractivity contribution in [1.29, 1.82) is 5.41 Å². The molecule has 1 saturated heterocycles. The van der Waals surface area contributed by atoms with Gasteiger partial charge in [0.25, 0.3) is 0 Å². The van der Waals surface area contributed by atoms with Gasteiger partial charge >= 0.3 is 12.1 Å². The molecule has 0 spiro atoms. The van der Waals surface area contributed by atoms with Crippen molar-refractivity contribution in [2.45, 2.75) is 6.10 Å². The summed E-state index contributed by atoms with van der Waals surface area (Å²) in [7, 11) is 3.29. The van der Waals surface area contributed by atoms with Gasteiger partial charge in [-0.15, -0.1) is 0 Å². The fraction of sp³-hybridized carbons (Fsp3) is 0.333. The predicted molar refractivity (Wildman–Crippen MR) is 120 cm³/mol. The highest BCUT2D eigenvalue weighted by molar-refractivity contribution is 5.90. The fourth-order valence-corrected chi connectivity index (χ4v) is 3.31. The summed E-state index contributed by atoms with van der Waals surface area (Å²) in [5.41, 5.74) is 1.33. The summed E-state index contributed by atoms with van der Waals surface area (Å²) in [5, 5.41) is 15.6. The molecule has 3 rings (SSSR count). The van der Waals surface area contributed by atoms with E-state index in [1.165, 1.54) is 24.2 Å². The number of anilines is 2. The van der Waals surface area contributed by atoms with Crippen LogP contribution < -0.4 is 25.8 Å². The maximum absolute atomic E-state index is 14.9. The van der Waals surface area contributed by atoms with E-state index in [9.17, 15) is 14.0 Å². The van der Waals surface area contributed by atoms with Crippen molar-refractivity contribution in [2.75, 3.05) is 50.1 Å². The number of hydrogen-bond donors (Lipinski definition) is 4. The molecule has 170 valence electrons. The molecule has 11 heteroatoms. The minimum atomic E-state index is -0.499. The van der Waals surface area contributed by atoms with Crippen LogP contribution >= 0.6 is 0 Å². The average Bonchev–Trinajstić information content (AvgIpc) is 3.17. The lowest BCUT2D eigenvalue weighted by atomic mass is 10.1. The van der Waals surface area contributed by atoms with Crippen molar-refractivity contribution in [3.63, 3.8) is 0 Å². The molecule has 1 unspecified atom stereocenters. The second-order valence-electron chi connectivity index (χ2n) is 7.07. The van der Waals surface area contributed by atoms with Gasteiger partial charge in [0.15, 0.2) is 0 Å². The van der Waals surface area contributed by atoms with Crippen LogP contribution in [-0.4, -0.2) is 69.8 Å². The van der Waals surface area contributed by atoms with Crippen molar-refractivity contribution in [1.82, 2.24) is 20.9 Å². The second kappa shape index (κ2) is 10.5. The molecule has 2 heterocycles. The van der Waals surface area contributed by atoms with E-state index in [1.54, 1.807) is 36.2 Å². The van der Waals surface area contributed by atoms with E-state index in [2.05, 4.69) is 20.9 Å². The first kappa shape index (κ1) is 22.9. The minimum Gasteiger partial charge on any atom is -0.443 e. The van der Waals surface area contributed by atoms with Gasteiger partial charge in [0.1, 0.15) is 17.7 Å². The third-order valence-corrected chi connectivity index (χ3v) is 4.94. The Bertz CT molecular complexity index is 970. The van der Waals surface area contributed by atoms with E-state index in [0.717, 1.165) is 6.34 Å². The summed E-state index contributed by atoms with van der Waals surface area (Å²) in [6.45, 7) is 1.55. The quantitative estimate of drug-likeness (QED) is 0.346. The molecule has 0 bridgehead atoms. The Balaban J connectivity index is 1.70. The number of pyridine rings is 1. The van der Waals surface area contributed by atoms with E-state index in [-0.39, 0.29) is 12.1 Å². The van der Waals surface area contributed by atoms with Gasteiger partial charge in [-0.1, -0.05) is 0 Å². The number of cyclic esters (lactones) is 1. The molecule has 1 aromatic carbocycles. The van der Waals surface area contributed by atoms with E-state index in [4.69, 9.17) is 10.1 Å². The molecule has 1 fully saturated rings. The lowest BCUT2D eigenvalue weighted by Gasteiger charge is -2.18. The van der Waals surface area contributed by atoms with E-state index in [0.29, 0.717) is 48.8 Å². The smallest absolute Gasteiger partial charge is 0.414 e. The Morgan fingerprint density at radius 1 is 1.38 bits per heavy atom. The van der Waals surface area contributed by atoms with Gasteiger partial charge in [-0.25, -0.2) is 19.0 Å². The number of nitrogens with one attached hydrogen (secondary N) is 4. The van der Waals surface area contributed by atoms with Crippen LogP contribution in [0.2, 0.25) is 0 Å². The summed E-state index contributed by atoms with van der Waals surface area (Å²) in [6, 6.07) is 7.65. The van der Waals surface area contributed by atoms with Crippen molar-refractivity contribution in [3.05, 3.63) is 42.3 Å². The summed E-state index contributed by atoms with van der Waals surface area (Å²) >= 11 is 0. The monoisotopic (exact) mass is 443 g/mol. The number of benzene rings is 1. The number of rotatable bonds is 9. The number of carbonyl (C=O) groups excluding carboxylic acids is 2. The Morgan fingerprint density at radius 3 is 2.81 bits per heavy atom. The molecule has 1 aliphatic rings. The molecular weight excluding hydrogens is 417 g/mol. The number of carbonyl (C=O) groups is 2. The SMILES string of the molecule is CNCC1CN(c2ccc(-c3ccc(N(C=N)CCNC(=O)NC)nc3)c(F)c2)C(=O)O1. The number of halogens is 1. The Hall–Kier alpha value is -3.73. The van der Waals surface area contributed by atoms with E-state index >= 15 is 0 Å². The first-order chi connectivity index (χ1) is 15.5. The van der Waals surface area contributed by atoms with Crippen LogP contribution in [0, 0.1) is 11.2 Å². The first-order valence-corrected chi connectivity index (χ1v) is 10.1. The molecular formula is C21H26FN7O3. The maximum Gasteiger partial charge on any atom is 0.414 e. The number of nitrogens with zero attached hydrogens (tertiary/aromatic N) is 3. The molecule has 4 N–H and O–H groups in total. The van der Waals surface area contributed by atoms with E-state index in [1.807, 2.05) is 0 Å². The molecule has 2 aromatic rings. The molecule has 1 atom stereocenters. The number of hydrogen-bond acceptors (Lipinski definition) is 6. The highest BCUT2D eigenvalue weighted by atomic mass is 19.1. The van der Waals surface area contributed by atoms with Gasteiger partial charge in [-0.05, 0) is 37.4 Å². The highest BCUT2D eigenvalue weighted by Gasteiger charge is 2.32. The Morgan fingerprint density at radius 2 is 2.19 bits per heavy atom. The standard InChI is InChI=1S/C21H26FN7O3/c1-24-11-16-12-29(21(31)32-16)15-4-5-17(18(22)9-15)14-3-6-19(27-10-14)28(13-23)8-7-26-20(30)25-2/h3-6,9-10,13,16,23-24H,7-8,11-12H2,1-2H3,(H2,25,26,30). The lowest BCUT2D eigenvalue weighted by Crippen LogP contribution is -2.38. The summed E-state index contributed by atoms with van der Waals surface area (Å²) in [5.74, 6) is 0.00970. The number of likely N-dealkylation sites (N-methyl/N-ethyl adjacent to an activating group) is 1.